The molecule has 0 unspecified atom stereocenters. The van der Waals surface area contributed by atoms with Crippen molar-refractivity contribution >= 4 is 17.6 Å². The van der Waals surface area contributed by atoms with Crippen LogP contribution in [0.1, 0.15) is 26.3 Å². The number of amides is 2. The van der Waals surface area contributed by atoms with Gasteiger partial charge in [-0.05, 0) is 38.8 Å². The number of nitrogens with one attached hydrogen (secondary N) is 1. The molecule has 5 heteroatoms. The highest BCUT2D eigenvalue weighted by molar-refractivity contribution is 6.31. The first-order chi connectivity index (χ1) is 9.33. The Bertz CT molecular complexity index is 444. The second-order valence-electron chi connectivity index (χ2n) is 5.40. The Hall–Kier alpha value is -1.26. The number of hydrogen-bond acceptors (Lipinski definition) is 2. The number of hydrogen-bond donors (Lipinski definition) is 2. The summed E-state index contributed by atoms with van der Waals surface area (Å²) in [6.07, 6.45) is 0.686. The van der Waals surface area contributed by atoms with Gasteiger partial charge in [-0.3, -0.25) is 0 Å². The highest BCUT2D eigenvalue weighted by Gasteiger charge is 2.20. The van der Waals surface area contributed by atoms with E-state index in [-0.39, 0.29) is 6.03 Å². The molecule has 0 aliphatic rings. The fourth-order valence-corrected chi connectivity index (χ4v) is 2.14. The predicted molar refractivity (Wildman–Crippen MR) is 82.1 cm³/mol. The van der Waals surface area contributed by atoms with Gasteiger partial charge in [0, 0.05) is 18.1 Å². The second kappa shape index (κ2) is 7.50. The fraction of sp³-hybridized carbons (Fsp3) is 0.533. The Morgan fingerprint density at radius 3 is 2.60 bits per heavy atom. The van der Waals surface area contributed by atoms with Crippen LogP contribution >= 0.6 is 11.6 Å². The molecule has 0 aromatic heterocycles. The zero-order valence-electron chi connectivity index (χ0n) is 12.3. The first-order valence-electron chi connectivity index (χ1n) is 6.82. The first-order valence-corrected chi connectivity index (χ1v) is 7.20. The van der Waals surface area contributed by atoms with Crippen LogP contribution in [0, 0.1) is 0 Å². The van der Waals surface area contributed by atoms with Crippen molar-refractivity contribution in [1.29, 1.82) is 0 Å². The average Bonchev–Trinajstić information content (AvgIpc) is 2.37. The van der Waals surface area contributed by atoms with Gasteiger partial charge in [0.05, 0.1) is 12.1 Å². The van der Waals surface area contributed by atoms with Crippen molar-refractivity contribution < 1.29 is 9.90 Å². The number of halogens is 1. The highest BCUT2D eigenvalue weighted by Crippen LogP contribution is 2.14. The number of benzene rings is 1. The van der Waals surface area contributed by atoms with Crippen molar-refractivity contribution in [3.05, 3.63) is 34.9 Å². The van der Waals surface area contributed by atoms with Crippen LogP contribution in [0.4, 0.5) is 4.79 Å². The van der Waals surface area contributed by atoms with Crippen LogP contribution in [0.3, 0.4) is 0 Å². The molecule has 4 nitrogen and oxygen atoms in total. The van der Waals surface area contributed by atoms with E-state index in [1.165, 1.54) is 0 Å². The Kier molecular flexibility index (Phi) is 6.30. The third kappa shape index (κ3) is 5.80. The van der Waals surface area contributed by atoms with E-state index < -0.39 is 5.60 Å². The maximum absolute atomic E-state index is 12.0. The van der Waals surface area contributed by atoms with Gasteiger partial charge in [-0.25, -0.2) is 4.79 Å². The largest absolute Gasteiger partial charge is 0.389 e. The molecule has 2 amide bonds. The lowest BCUT2D eigenvalue weighted by molar-refractivity contribution is 0.0480. The summed E-state index contributed by atoms with van der Waals surface area (Å²) in [6.45, 7) is 6.65. The first kappa shape index (κ1) is 16.8. The molecule has 0 radical (unpaired) electrons. The lowest BCUT2D eigenvalue weighted by Gasteiger charge is -2.28. The quantitative estimate of drug-likeness (QED) is 0.848. The van der Waals surface area contributed by atoms with Crippen LogP contribution in [0.25, 0.3) is 0 Å². The Labute approximate surface area is 125 Å². The number of carbonyl (C=O) groups excluding carboxylic acids is 1. The minimum atomic E-state index is -0.893. The number of carbonyl (C=O) groups is 1. The van der Waals surface area contributed by atoms with E-state index in [1.807, 2.05) is 31.2 Å². The molecule has 0 aliphatic carbocycles. The maximum atomic E-state index is 12.0. The van der Waals surface area contributed by atoms with Crippen molar-refractivity contribution in [2.45, 2.75) is 32.8 Å². The van der Waals surface area contributed by atoms with Crippen LogP contribution in [0.15, 0.2) is 24.3 Å². The molecule has 0 fully saturated rings. The summed E-state index contributed by atoms with van der Waals surface area (Å²) in [7, 11) is 0. The lowest BCUT2D eigenvalue weighted by atomic mass is 10.1. The predicted octanol–water partition coefficient (Wildman–Crippen LogP) is 2.68. The summed E-state index contributed by atoms with van der Waals surface area (Å²) in [5.74, 6) is 0. The second-order valence-corrected chi connectivity index (χ2v) is 5.81. The van der Waals surface area contributed by atoms with Gasteiger partial charge in [0.15, 0.2) is 0 Å². The number of likely N-dealkylation sites (N-methyl/N-ethyl adjacent to an activating group) is 1. The monoisotopic (exact) mass is 298 g/mol. The van der Waals surface area contributed by atoms with Gasteiger partial charge in [0.2, 0.25) is 0 Å². The van der Waals surface area contributed by atoms with Crippen LogP contribution in [-0.2, 0) is 6.42 Å². The molecule has 0 spiro atoms. The zero-order valence-corrected chi connectivity index (χ0v) is 13.1. The highest BCUT2D eigenvalue weighted by atomic mass is 35.5. The van der Waals surface area contributed by atoms with Crippen molar-refractivity contribution in [3.8, 4) is 0 Å². The standard InChI is InChI=1S/C15H23ClN2O2/c1-4-18(11-15(2,3)20)14(19)17-10-9-12-7-5-6-8-13(12)16/h5-8,20H,4,9-11H2,1-3H3,(H,17,19). The van der Waals surface area contributed by atoms with Crippen LogP contribution in [-0.4, -0.2) is 41.3 Å². The van der Waals surface area contributed by atoms with Gasteiger partial charge in [0.25, 0.3) is 0 Å². The van der Waals surface area contributed by atoms with Crippen LogP contribution in [0.2, 0.25) is 5.02 Å². The summed E-state index contributed by atoms with van der Waals surface area (Å²) in [6, 6.07) is 7.43. The third-order valence-corrected chi connectivity index (χ3v) is 3.24. The molecule has 0 aliphatic heterocycles. The van der Waals surface area contributed by atoms with Crippen molar-refractivity contribution in [2.75, 3.05) is 19.6 Å². The molecular formula is C15H23ClN2O2. The summed E-state index contributed by atoms with van der Waals surface area (Å²) in [4.78, 5) is 13.6. The molecule has 0 atom stereocenters. The third-order valence-electron chi connectivity index (χ3n) is 2.88. The van der Waals surface area contributed by atoms with E-state index in [1.54, 1.807) is 18.7 Å². The molecule has 1 aromatic rings. The van der Waals surface area contributed by atoms with Gasteiger partial charge in [0.1, 0.15) is 0 Å². The molecule has 1 aromatic carbocycles. The van der Waals surface area contributed by atoms with Crippen molar-refractivity contribution in [2.24, 2.45) is 0 Å². The molecule has 0 saturated heterocycles. The van der Waals surface area contributed by atoms with Gasteiger partial charge in [-0.15, -0.1) is 0 Å². The topological polar surface area (TPSA) is 52.6 Å². The van der Waals surface area contributed by atoms with Crippen LogP contribution in [0.5, 0.6) is 0 Å². The molecular weight excluding hydrogens is 276 g/mol. The van der Waals surface area contributed by atoms with E-state index in [4.69, 9.17) is 11.6 Å². The molecule has 112 valence electrons. The molecule has 1 rings (SSSR count). The number of rotatable bonds is 6. The van der Waals surface area contributed by atoms with E-state index >= 15 is 0 Å². The van der Waals surface area contributed by atoms with E-state index in [2.05, 4.69) is 5.32 Å². The summed E-state index contributed by atoms with van der Waals surface area (Å²) in [5.41, 5.74) is 0.121. The maximum Gasteiger partial charge on any atom is 0.317 e. The minimum absolute atomic E-state index is 0.165. The van der Waals surface area contributed by atoms with Gasteiger partial charge >= 0.3 is 6.03 Å². The summed E-state index contributed by atoms with van der Waals surface area (Å²) in [5, 5.41) is 13.3. The molecule has 20 heavy (non-hydrogen) atoms. The minimum Gasteiger partial charge on any atom is -0.389 e. The fourth-order valence-electron chi connectivity index (χ4n) is 1.91. The Balaban J connectivity index is 2.44. The Morgan fingerprint density at radius 1 is 1.40 bits per heavy atom. The van der Waals surface area contributed by atoms with E-state index in [0.717, 1.165) is 5.56 Å². The normalized spacial score (nSPS) is 11.2. The number of nitrogens with zero attached hydrogens (tertiary/aromatic N) is 1. The van der Waals surface area contributed by atoms with Gasteiger partial charge in [-0.2, -0.15) is 0 Å². The lowest BCUT2D eigenvalue weighted by Crippen LogP contribution is -2.47. The van der Waals surface area contributed by atoms with E-state index in [9.17, 15) is 9.90 Å². The zero-order chi connectivity index (χ0) is 15.2. The number of urea groups is 1. The smallest absolute Gasteiger partial charge is 0.317 e. The summed E-state index contributed by atoms with van der Waals surface area (Å²) < 4.78 is 0. The average molecular weight is 299 g/mol. The molecule has 2 N–H and O–H groups in total. The SMILES string of the molecule is CCN(CC(C)(C)O)C(=O)NCCc1ccccc1Cl. The Morgan fingerprint density at radius 2 is 2.05 bits per heavy atom. The molecule has 0 heterocycles. The number of aliphatic hydroxyl groups is 1. The van der Waals surface area contributed by atoms with Gasteiger partial charge in [-0.1, -0.05) is 29.8 Å². The molecule has 0 bridgehead atoms. The van der Waals surface area contributed by atoms with Gasteiger partial charge < -0.3 is 15.3 Å². The van der Waals surface area contributed by atoms with E-state index in [0.29, 0.717) is 31.1 Å². The van der Waals surface area contributed by atoms with Crippen molar-refractivity contribution in [1.82, 2.24) is 10.2 Å². The van der Waals surface area contributed by atoms with Crippen molar-refractivity contribution in [3.63, 3.8) is 0 Å². The molecule has 0 saturated carbocycles. The van der Waals surface area contributed by atoms with Crippen LogP contribution < -0.4 is 5.32 Å². The summed E-state index contributed by atoms with van der Waals surface area (Å²) >= 11 is 6.06.